The zero-order valence-corrected chi connectivity index (χ0v) is 19.1. The van der Waals surface area contributed by atoms with Gasteiger partial charge in [0.15, 0.2) is 11.7 Å². The van der Waals surface area contributed by atoms with Crippen LogP contribution >= 0.6 is 22.9 Å². The molecule has 0 saturated carbocycles. The van der Waals surface area contributed by atoms with Crippen molar-refractivity contribution in [2.45, 2.75) is 26.7 Å². The second-order valence-electron chi connectivity index (χ2n) is 7.96. The largest absolute Gasteiger partial charge is 0.483 e. The number of halogens is 1. The van der Waals surface area contributed by atoms with Gasteiger partial charge in [0.1, 0.15) is 5.75 Å². The molecule has 0 bridgehead atoms. The number of benzene rings is 2. The van der Waals surface area contributed by atoms with Crippen LogP contribution in [0.3, 0.4) is 0 Å². The van der Waals surface area contributed by atoms with Crippen molar-refractivity contribution in [3.8, 4) is 5.75 Å². The van der Waals surface area contributed by atoms with Gasteiger partial charge in [0.05, 0.1) is 10.2 Å². The van der Waals surface area contributed by atoms with E-state index in [1.165, 1.54) is 0 Å². The van der Waals surface area contributed by atoms with Gasteiger partial charge >= 0.3 is 0 Å². The molecule has 0 spiro atoms. The van der Waals surface area contributed by atoms with Crippen LogP contribution in [0.1, 0.15) is 30.9 Å². The molecule has 1 amide bonds. The maximum absolute atomic E-state index is 12.7. The fourth-order valence-electron chi connectivity index (χ4n) is 3.64. The molecule has 1 aromatic heterocycles. The fraction of sp³-hybridized carbons (Fsp3) is 0.391. The Morgan fingerprint density at radius 1 is 1.17 bits per heavy atom. The van der Waals surface area contributed by atoms with Crippen LogP contribution in [0.15, 0.2) is 36.4 Å². The first kappa shape index (κ1) is 20.9. The van der Waals surface area contributed by atoms with Gasteiger partial charge in [-0.15, -0.1) is 0 Å². The van der Waals surface area contributed by atoms with Crippen LogP contribution in [0, 0.1) is 6.92 Å². The quantitative estimate of drug-likeness (QED) is 0.549. The maximum atomic E-state index is 12.7. The molecule has 3 aromatic rings. The second-order valence-corrected chi connectivity index (χ2v) is 9.41. The highest BCUT2D eigenvalue weighted by molar-refractivity contribution is 7.22. The minimum absolute atomic E-state index is 0.0296. The van der Waals surface area contributed by atoms with E-state index in [1.807, 2.05) is 36.1 Å². The molecular formula is C23H26ClN3O2S. The SMILES string of the molecule is Cc1ccc(C(C)C)c(OCC(=O)N2CCN(c3nc4ccc(Cl)cc4s3)CC2)c1. The number of hydrogen-bond acceptors (Lipinski definition) is 5. The first-order valence-corrected chi connectivity index (χ1v) is 11.4. The summed E-state index contributed by atoms with van der Waals surface area (Å²) in [6.07, 6.45) is 0. The van der Waals surface area contributed by atoms with Gasteiger partial charge < -0.3 is 14.5 Å². The zero-order chi connectivity index (χ0) is 21.3. The van der Waals surface area contributed by atoms with Crippen molar-refractivity contribution in [2.75, 3.05) is 37.7 Å². The maximum Gasteiger partial charge on any atom is 0.260 e. The summed E-state index contributed by atoms with van der Waals surface area (Å²) in [6, 6.07) is 11.9. The highest BCUT2D eigenvalue weighted by atomic mass is 35.5. The fourth-order valence-corrected chi connectivity index (χ4v) is 4.94. The summed E-state index contributed by atoms with van der Waals surface area (Å²) in [5, 5.41) is 1.71. The van der Waals surface area contributed by atoms with Crippen LogP contribution in [-0.2, 0) is 4.79 Å². The Hall–Kier alpha value is -2.31. The second kappa shape index (κ2) is 8.82. The molecule has 30 heavy (non-hydrogen) atoms. The van der Waals surface area contributed by atoms with E-state index in [-0.39, 0.29) is 12.5 Å². The van der Waals surface area contributed by atoms with Gasteiger partial charge in [0, 0.05) is 31.2 Å². The molecule has 1 aliphatic heterocycles. The van der Waals surface area contributed by atoms with Crippen molar-refractivity contribution in [2.24, 2.45) is 0 Å². The summed E-state index contributed by atoms with van der Waals surface area (Å²) in [6.45, 7) is 9.25. The Balaban J connectivity index is 1.35. The van der Waals surface area contributed by atoms with E-state index in [2.05, 4.69) is 30.9 Å². The number of piperazine rings is 1. The number of hydrogen-bond donors (Lipinski definition) is 0. The van der Waals surface area contributed by atoms with Gasteiger partial charge in [-0.2, -0.15) is 0 Å². The van der Waals surface area contributed by atoms with Crippen LogP contribution in [0.5, 0.6) is 5.75 Å². The third kappa shape index (κ3) is 4.55. The molecule has 0 N–H and O–H groups in total. The van der Waals surface area contributed by atoms with Crippen LogP contribution in [0.25, 0.3) is 10.2 Å². The molecule has 1 aliphatic rings. The van der Waals surface area contributed by atoms with Crippen LogP contribution in [0.4, 0.5) is 5.13 Å². The first-order valence-electron chi connectivity index (χ1n) is 10.2. The average molecular weight is 444 g/mol. The number of rotatable bonds is 5. The van der Waals surface area contributed by atoms with Crippen molar-refractivity contribution in [3.05, 3.63) is 52.5 Å². The number of anilines is 1. The third-order valence-corrected chi connectivity index (χ3v) is 6.70. The van der Waals surface area contributed by atoms with Crippen LogP contribution < -0.4 is 9.64 Å². The molecular weight excluding hydrogens is 418 g/mol. The van der Waals surface area contributed by atoms with E-state index in [9.17, 15) is 4.79 Å². The molecule has 0 unspecified atom stereocenters. The lowest BCUT2D eigenvalue weighted by Crippen LogP contribution is -2.50. The topological polar surface area (TPSA) is 45.7 Å². The highest BCUT2D eigenvalue weighted by Gasteiger charge is 2.24. The van der Waals surface area contributed by atoms with Crippen LogP contribution in [0.2, 0.25) is 5.02 Å². The Labute approximate surface area is 186 Å². The van der Waals surface area contributed by atoms with E-state index in [1.54, 1.807) is 11.3 Å². The van der Waals surface area contributed by atoms with Gasteiger partial charge in [-0.05, 0) is 48.2 Å². The summed E-state index contributed by atoms with van der Waals surface area (Å²) >= 11 is 7.73. The average Bonchev–Trinajstić information content (AvgIpc) is 3.15. The Morgan fingerprint density at radius 2 is 1.93 bits per heavy atom. The lowest BCUT2D eigenvalue weighted by Gasteiger charge is -2.34. The van der Waals surface area contributed by atoms with Crippen molar-refractivity contribution < 1.29 is 9.53 Å². The van der Waals surface area contributed by atoms with Crippen molar-refractivity contribution in [3.63, 3.8) is 0 Å². The highest BCUT2D eigenvalue weighted by Crippen LogP contribution is 2.31. The van der Waals surface area contributed by atoms with Gasteiger partial charge in [0.2, 0.25) is 0 Å². The summed E-state index contributed by atoms with van der Waals surface area (Å²) in [7, 11) is 0. The molecule has 2 aromatic carbocycles. The predicted molar refractivity (Wildman–Crippen MR) is 124 cm³/mol. The molecule has 5 nitrogen and oxygen atoms in total. The van der Waals surface area contributed by atoms with E-state index in [4.69, 9.17) is 21.3 Å². The standard InChI is InChI=1S/C23H26ClN3O2S/c1-15(2)18-6-4-16(3)12-20(18)29-14-22(28)26-8-10-27(11-9-26)23-25-19-7-5-17(24)13-21(19)30-23/h4-7,12-13,15H,8-11,14H2,1-3H3. The number of nitrogens with zero attached hydrogens (tertiary/aromatic N) is 3. The monoisotopic (exact) mass is 443 g/mol. The minimum Gasteiger partial charge on any atom is -0.483 e. The number of ether oxygens (including phenoxy) is 1. The molecule has 0 radical (unpaired) electrons. The van der Waals surface area contributed by atoms with Crippen LogP contribution in [-0.4, -0.2) is 48.6 Å². The molecule has 2 heterocycles. The Kier molecular flexibility index (Phi) is 6.16. The van der Waals surface area contributed by atoms with E-state index >= 15 is 0 Å². The molecule has 158 valence electrons. The lowest BCUT2D eigenvalue weighted by atomic mass is 10.0. The van der Waals surface area contributed by atoms with Gasteiger partial charge in [0.25, 0.3) is 5.91 Å². The van der Waals surface area contributed by atoms with E-state index in [0.717, 1.165) is 50.3 Å². The van der Waals surface area contributed by atoms with E-state index < -0.39 is 0 Å². The van der Waals surface area contributed by atoms with Gasteiger partial charge in [-0.1, -0.05) is 48.9 Å². The van der Waals surface area contributed by atoms with Crippen molar-refractivity contribution in [1.29, 1.82) is 0 Å². The number of fused-ring (bicyclic) bond motifs is 1. The number of thiazole rings is 1. The van der Waals surface area contributed by atoms with Crippen molar-refractivity contribution in [1.82, 2.24) is 9.88 Å². The van der Waals surface area contributed by atoms with Gasteiger partial charge in [-0.3, -0.25) is 4.79 Å². The molecule has 0 aliphatic carbocycles. The molecule has 1 fully saturated rings. The minimum atomic E-state index is 0.0296. The molecule has 4 rings (SSSR count). The van der Waals surface area contributed by atoms with Crippen molar-refractivity contribution >= 4 is 44.2 Å². The summed E-state index contributed by atoms with van der Waals surface area (Å²) in [5.74, 6) is 1.19. The van der Waals surface area contributed by atoms with E-state index in [0.29, 0.717) is 19.0 Å². The smallest absolute Gasteiger partial charge is 0.260 e. The molecule has 0 atom stereocenters. The number of aromatic nitrogens is 1. The normalized spacial score (nSPS) is 14.6. The molecule has 7 heteroatoms. The number of carbonyl (C=O) groups is 1. The summed E-state index contributed by atoms with van der Waals surface area (Å²) < 4.78 is 7.02. The Morgan fingerprint density at radius 3 is 2.67 bits per heavy atom. The first-order chi connectivity index (χ1) is 14.4. The lowest BCUT2D eigenvalue weighted by molar-refractivity contribution is -0.133. The number of carbonyl (C=O) groups excluding carboxylic acids is 1. The summed E-state index contributed by atoms with van der Waals surface area (Å²) in [5.41, 5.74) is 3.23. The Bertz CT molecular complexity index is 1060. The van der Waals surface area contributed by atoms with Gasteiger partial charge in [-0.25, -0.2) is 4.98 Å². The summed E-state index contributed by atoms with van der Waals surface area (Å²) in [4.78, 5) is 21.5. The number of aryl methyl sites for hydroxylation is 1. The zero-order valence-electron chi connectivity index (χ0n) is 17.5. The third-order valence-electron chi connectivity index (χ3n) is 5.38. The predicted octanol–water partition coefficient (Wildman–Crippen LogP) is 5.11. The molecule has 1 saturated heterocycles. The number of amides is 1.